The Morgan fingerprint density at radius 1 is 1.04 bits per heavy atom. The van der Waals surface area contributed by atoms with Gasteiger partial charge in [0.05, 0.1) is 0 Å². The lowest BCUT2D eigenvalue weighted by Gasteiger charge is -2.55. The number of ether oxygens (including phenoxy) is 1. The zero-order valence-electron chi connectivity index (χ0n) is 16.2. The molecule has 3 fully saturated rings. The lowest BCUT2D eigenvalue weighted by atomic mass is 9.50. The van der Waals surface area contributed by atoms with Crippen LogP contribution in [0.1, 0.15) is 72.1 Å². The molecule has 4 heteroatoms. The number of hydrogen-bond donors (Lipinski definition) is 0. The second-order valence-electron chi connectivity index (χ2n) is 9.28. The summed E-state index contributed by atoms with van der Waals surface area (Å²) >= 11 is 0. The fourth-order valence-electron chi connectivity index (χ4n) is 7.24. The van der Waals surface area contributed by atoms with Crippen molar-refractivity contribution in [1.82, 2.24) is 0 Å². The fraction of sp³-hybridized carbons (Fsp3) is 0.773. The summed E-state index contributed by atoms with van der Waals surface area (Å²) in [5, 5.41) is 0. The molecule has 0 aromatic heterocycles. The fourth-order valence-corrected chi connectivity index (χ4v) is 7.24. The summed E-state index contributed by atoms with van der Waals surface area (Å²) < 4.78 is 5.79. The SMILES string of the molecule is CC(=O)O[C@]1(C(C)=O)CC[C@H]2[C@@H]3CCC4=CC(=O)CC[C@H]4[C@@H]3CC[C@@]21C. The molecule has 4 rings (SSSR count). The number of allylic oxidation sites excluding steroid dienone is 1. The maximum Gasteiger partial charge on any atom is 0.303 e. The summed E-state index contributed by atoms with van der Waals surface area (Å²) in [6.07, 6.45) is 9.37. The summed E-state index contributed by atoms with van der Waals surface area (Å²) in [5.74, 6) is 2.16. The van der Waals surface area contributed by atoms with Crippen LogP contribution in [0.15, 0.2) is 11.6 Å². The Kier molecular flexibility index (Phi) is 4.16. The lowest BCUT2D eigenvalue weighted by molar-refractivity contribution is -0.185. The molecule has 0 N–H and O–H groups in total. The van der Waals surface area contributed by atoms with Crippen molar-refractivity contribution in [2.24, 2.45) is 29.1 Å². The van der Waals surface area contributed by atoms with Crippen LogP contribution < -0.4 is 0 Å². The monoisotopic (exact) mass is 358 g/mol. The molecule has 4 aliphatic rings. The molecule has 0 amide bonds. The third-order valence-corrected chi connectivity index (χ3v) is 8.31. The molecule has 0 heterocycles. The molecule has 0 aliphatic heterocycles. The Morgan fingerprint density at radius 3 is 2.50 bits per heavy atom. The molecule has 0 saturated heterocycles. The van der Waals surface area contributed by atoms with Crippen molar-refractivity contribution in [1.29, 1.82) is 0 Å². The normalized spacial score (nSPS) is 44.4. The van der Waals surface area contributed by atoms with Crippen molar-refractivity contribution >= 4 is 17.5 Å². The van der Waals surface area contributed by atoms with Gasteiger partial charge in [-0.1, -0.05) is 12.5 Å². The van der Waals surface area contributed by atoms with E-state index >= 15 is 0 Å². The lowest BCUT2D eigenvalue weighted by Crippen LogP contribution is -2.57. The molecule has 26 heavy (non-hydrogen) atoms. The van der Waals surface area contributed by atoms with Gasteiger partial charge in [0.1, 0.15) is 0 Å². The standard InChI is InChI=1S/C22H30O4/c1-13(23)22(26-14(2)24)11-9-20-19-6-4-15-12-16(25)5-7-17(15)18(19)8-10-21(20,22)3/h12,17-20H,4-11H2,1-3H3/t17-,18+,19-,20+,21+,22+/m1/s1. The zero-order valence-corrected chi connectivity index (χ0v) is 16.2. The van der Waals surface area contributed by atoms with Gasteiger partial charge in [-0.15, -0.1) is 0 Å². The van der Waals surface area contributed by atoms with Gasteiger partial charge < -0.3 is 4.74 Å². The van der Waals surface area contributed by atoms with Crippen molar-refractivity contribution in [2.45, 2.75) is 77.7 Å². The van der Waals surface area contributed by atoms with E-state index in [0.29, 0.717) is 42.3 Å². The number of esters is 1. The molecule has 4 aliphatic carbocycles. The molecule has 0 aromatic rings. The molecule has 0 aromatic carbocycles. The first-order chi connectivity index (χ1) is 12.3. The summed E-state index contributed by atoms with van der Waals surface area (Å²) in [7, 11) is 0. The predicted octanol–water partition coefficient (Wildman–Crippen LogP) is 4.02. The van der Waals surface area contributed by atoms with Gasteiger partial charge in [-0.2, -0.15) is 0 Å². The molecular formula is C22H30O4. The summed E-state index contributed by atoms with van der Waals surface area (Å²) in [5.41, 5.74) is 0.187. The van der Waals surface area contributed by atoms with Crippen LogP contribution in [0.2, 0.25) is 0 Å². The van der Waals surface area contributed by atoms with Crippen molar-refractivity contribution < 1.29 is 19.1 Å². The number of carbonyl (C=O) groups excluding carboxylic acids is 3. The second-order valence-corrected chi connectivity index (χ2v) is 9.28. The molecule has 0 unspecified atom stereocenters. The van der Waals surface area contributed by atoms with Crippen LogP contribution in [-0.4, -0.2) is 23.1 Å². The highest BCUT2D eigenvalue weighted by molar-refractivity contribution is 5.91. The molecule has 6 atom stereocenters. The largest absolute Gasteiger partial charge is 0.451 e. The van der Waals surface area contributed by atoms with E-state index in [2.05, 4.69) is 6.92 Å². The number of ketones is 2. The van der Waals surface area contributed by atoms with Crippen molar-refractivity contribution in [3.63, 3.8) is 0 Å². The van der Waals surface area contributed by atoms with Crippen LogP contribution in [0.4, 0.5) is 0 Å². The first kappa shape index (κ1) is 17.9. The molecule has 4 nitrogen and oxygen atoms in total. The Bertz CT molecular complexity index is 692. The number of rotatable bonds is 2. The highest BCUT2D eigenvalue weighted by Crippen LogP contribution is 2.66. The first-order valence-corrected chi connectivity index (χ1v) is 10.2. The van der Waals surface area contributed by atoms with E-state index in [9.17, 15) is 14.4 Å². The van der Waals surface area contributed by atoms with Gasteiger partial charge in [-0.3, -0.25) is 14.4 Å². The van der Waals surface area contributed by atoms with E-state index in [4.69, 9.17) is 4.74 Å². The summed E-state index contributed by atoms with van der Waals surface area (Å²) in [4.78, 5) is 36.3. The van der Waals surface area contributed by atoms with Crippen LogP contribution in [0.3, 0.4) is 0 Å². The van der Waals surface area contributed by atoms with Crippen LogP contribution in [0.25, 0.3) is 0 Å². The third kappa shape index (κ3) is 2.36. The van der Waals surface area contributed by atoms with Crippen LogP contribution in [0.5, 0.6) is 0 Å². The Labute approximate surface area is 155 Å². The Morgan fingerprint density at radius 2 is 1.81 bits per heavy atom. The molecule has 0 bridgehead atoms. The number of Topliss-reactive ketones (excluding diaryl/α,β-unsaturated/α-hetero) is 1. The van der Waals surface area contributed by atoms with Gasteiger partial charge in [-0.25, -0.2) is 0 Å². The average Bonchev–Trinajstić information content (AvgIpc) is 2.87. The smallest absolute Gasteiger partial charge is 0.303 e. The quantitative estimate of drug-likeness (QED) is 0.700. The summed E-state index contributed by atoms with van der Waals surface area (Å²) in [6.45, 7) is 5.21. The van der Waals surface area contributed by atoms with Crippen LogP contribution in [-0.2, 0) is 19.1 Å². The molecule has 142 valence electrons. The highest BCUT2D eigenvalue weighted by atomic mass is 16.6. The van der Waals surface area contributed by atoms with Crippen LogP contribution in [0, 0.1) is 29.1 Å². The van der Waals surface area contributed by atoms with E-state index in [-0.39, 0.29) is 17.2 Å². The first-order valence-electron chi connectivity index (χ1n) is 10.2. The zero-order chi connectivity index (χ0) is 18.7. The van der Waals surface area contributed by atoms with E-state index in [1.165, 1.54) is 12.5 Å². The minimum Gasteiger partial charge on any atom is -0.451 e. The van der Waals surface area contributed by atoms with Crippen LogP contribution >= 0.6 is 0 Å². The van der Waals surface area contributed by atoms with Gasteiger partial charge in [0.25, 0.3) is 0 Å². The number of fused-ring (bicyclic) bond motifs is 5. The second kappa shape index (κ2) is 6.03. The maximum absolute atomic E-state index is 12.7. The number of carbonyl (C=O) groups is 3. The van der Waals surface area contributed by atoms with E-state index in [1.54, 1.807) is 6.92 Å². The predicted molar refractivity (Wildman–Crippen MR) is 97.3 cm³/mol. The molecular weight excluding hydrogens is 328 g/mol. The van der Waals surface area contributed by atoms with Gasteiger partial charge in [0.15, 0.2) is 17.2 Å². The van der Waals surface area contributed by atoms with Gasteiger partial charge in [0.2, 0.25) is 0 Å². The van der Waals surface area contributed by atoms with Crippen molar-refractivity contribution in [3.8, 4) is 0 Å². The van der Waals surface area contributed by atoms with E-state index < -0.39 is 5.60 Å². The minimum absolute atomic E-state index is 0.0100. The topological polar surface area (TPSA) is 60.4 Å². The van der Waals surface area contributed by atoms with Crippen molar-refractivity contribution in [2.75, 3.05) is 0 Å². The van der Waals surface area contributed by atoms with Gasteiger partial charge in [0, 0.05) is 18.8 Å². The Balaban J connectivity index is 1.66. The Hall–Kier alpha value is -1.45. The van der Waals surface area contributed by atoms with E-state index in [0.717, 1.165) is 38.5 Å². The van der Waals surface area contributed by atoms with Crippen molar-refractivity contribution in [3.05, 3.63) is 11.6 Å². The summed E-state index contributed by atoms with van der Waals surface area (Å²) in [6, 6.07) is 0. The molecule has 0 spiro atoms. The van der Waals surface area contributed by atoms with E-state index in [1.807, 2.05) is 6.08 Å². The van der Waals surface area contributed by atoms with Gasteiger partial charge in [-0.05, 0) is 81.6 Å². The third-order valence-electron chi connectivity index (χ3n) is 8.31. The minimum atomic E-state index is -0.937. The average molecular weight is 358 g/mol. The molecule has 0 radical (unpaired) electrons. The maximum atomic E-state index is 12.7. The van der Waals surface area contributed by atoms with Gasteiger partial charge >= 0.3 is 5.97 Å². The number of hydrogen-bond acceptors (Lipinski definition) is 4. The molecule has 3 saturated carbocycles. The highest BCUT2D eigenvalue weighted by Gasteiger charge is 2.66.